The van der Waals surface area contributed by atoms with E-state index < -0.39 is 0 Å². The van der Waals surface area contributed by atoms with Crippen molar-refractivity contribution in [3.63, 3.8) is 0 Å². The highest BCUT2D eigenvalue weighted by Gasteiger charge is 2.48. The van der Waals surface area contributed by atoms with Crippen molar-refractivity contribution in [3.8, 4) is 0 Å². The minimum absolute atomic E-state index is 0.331. The van der Waals surface area contributed by atoms with E-state index in [0.29, 0.717) is 17.7 Å². The molecule has 0 aromatic heterocycles. The third kappa shape index (κ3) is 5.95. The van der Waals surface area contributed by atoms with Crippen LogP contribution in [0.3, 0.4) is 0 Å². The molecule has 3 fully saturated rings. The van der Waals surface area contributed by atoms with Gasteiger partial charge in [0.1, 0.15) is 5.78 Å². The zero-order chi connectivity index (χ0) is 22.5. The summed E-state index contributed by atoms with van der Waals surface area (Å²) in [5, 5.41) is 0. The number of hydrogen-bond donors (Lipinski definition) is 0. The van der Waals surface area contributed by atoms with E-state index in [1.807, 2.05) is 0 Å². The SMILES string of the molecule is O=C1CCN2CCC3C4C=C5CCCCCC[C@@H]1[C@H]2C3CCCCCCCCCCN(C5)C4. The van der Waals surface area contributed by atoms with Gasteiger partial charge in [0.2, 0.25) is 0 Å². The number of nitrogens with zero attached hydrogens (tertiary/aromatic N) is 2. The van der Waals surface area contributed by atoms with E-state index in [1.54, 1.807) is 5.57 Å². The topological polar surface area (TPSA) is 23.6 Å². The average Bonchev–Trinajstić information content (AvgIpc) is 2.82. The molecule has 0 spiro atoms. The lowest BCUT2D eigenvalue weighted by atomic mass is 9.64. The number of rotatable bonds is 0. The molecule has 4 unspecified atom stereocenters. The van der Waals surface area contributed by atoms with Crippen LogP contribution in [-0.4, -0.2) is 54.3 Å². The number of carbonyl (C=O) groups excluding carboxylic acids is 1. The lowest BCUT2D eigenvalue weighted by molar-refractivity contribution is -0.135. The van der Waals surface area contributed by atoms with Gasteiger partial charge in [-0.15, -0.1) is 0 Å². The van der Waals surface area contributed by atoms with Gasteiger partial charge in [0.05, 0.1) is 0 Å². The van der Waals surface area contributed by atoms with Crippen molar-refractivity contribution in [3.05, 3.63) is 11.6 Å². The van der Waals surface area contributed by atoms with Crippen molar-refractivity contribution in [2.75, 3.05) is 32.7 Å². The summed E-state index contributed by atoms with van der Waals surface area (Å²) in [6.07, 6.45) is 25.5. The summed E-state index contributed by atoms with van der Waals surface area (Å²) in [5.41, 5.74) is 1.76. The third-order valence-electron chi connectivity index (χ3n) is 10.1. The van der Waals surface area contributed by atoms with Gasteiger partial charge >= 0.3 is 0 Å². The Labute approximate surface area is 203 Å². The zero-order valence-electron chi connectivity index (χ0n) is 21.3. The first-order valence-electron chi connectivity index (χ1n) is 15.0. The second-order valence-electron chi connectivity index (χ2n) is 12.3. The molecule has 4 aliphatic heterocycles. The molecular formula is C30H50N2O. The second-order valence-corrected chi connectivity index (χ2v) is 12.3. The van der Waals surface area contributed by atoms with Gasteiger partial charge in [0.15, 0.2) is 0 Å². The van der Waals surface area contributed by atoms with Crippen molar-refractivity contribution in [2.45, 2.75) is 115 Å². The first-order chi connectivity index (χ1) is 16.3. The molecule has 5 rings (SSSR count). The van der Waals surface area contributed by atoms with Gasteiger partial charge < -0.3 is 0 Å². The summed E-state index contributed by atoms with van der Waals surface area (Å²) >= 11 is 0. The Kier molecular flexibility index (Phi) is 8.63. The molecule has 3 nitrogen and oxygen atoms in total. The Balaban J connectivity index is 1.46. The van der Waals surface area contributed by atoms with Crippen LogP contribution in [0.25, 0.3) is 0 Å². The minimum atomic E-state index is 0.331. The molecule has 3 saturated heterocycles. The van der Waals surface area contributed by atoms with Crippen LogP contribution in [0.4, 0.5) is 0 Å². The number of carbonyl (C=O) groups is 1. The van der Waals surface area contributed by atoms with Crippen LogP contribution in [0, 0.1) is 23.7 Å². The van der Waals surface area contributed by atoms with Crippen molar-refractivity contribution in [1.82, 2.24) is 9.80 Å². The van der Waals surface area contributed by atoms with E-state index in [0.717, 1.165) is 30.7 Å². The Morgan fingerprint density at radius 1 is 0.667 bits per heavy atom. The Morgan fingerprint density at radius 2 is 1.39 bits per heavy atom. The monoisotopic (exact) mass is 454 g/mol. The maximum absolute atomic E-state index is 13.3. The zero-order valence-corrected chi connectivity index (χ0v) is 21.3. The molecule has 186 valence electrons. The van der Waals surface area contributed by atoms with Gasteiger partial charge in [-0.1, -0.05) is 75.9 Å². The van der Waals surface area contributed by atoms with Crippen molar-refractivity contribution < 1.29 is 4.79 Å². The van der Waals surface area contributed by atoms with Crippen LogP contribution in [0.2, 0.25) is 0 Å². The van der Waals surface area contributed by atoms with Crippen LogP contribution < -0.4 is 0 Å². The van der Waals surface area contributed by atoms with Crippen LogP contribution in [-0.2, 0) is 4.79 Å². The maximum Gasteiger partial charge on any atom is 0.138 e. The number of fused-ring (bicyclic) bond motifs is 1. The van der Waals surface area contributed by atoms with Gasteiger partial charge in [-0.25, -0.2) is 0 Å². The van der Waals surface area contributed by atoms with Gasteiger partial charge in [-0.3, -0.25) is 14.6 Å². The molecule has 0 aromatic rings. The smallest absolute Gasteiger partial charge is 0.138 e. The molecule has 1 aliphatic carbocycles. The van der Waals surface area contributed by atoms with Crippen molar-refractivity contribution >= 4 is 5.78 Å². The fourth-order valence-electron chi connectivity index (χ4n) is 8.39. The lowest BCUT2D eigenvalue weighted by Crippen LogP contribution is -2.59. The van der Waals surface area contributed by atoms with Crippen LogP contribution >= 0.6 is 0 Å². The Morgan fingerprint density at radius 3 is 2.24 bits per heavy atom. The Hall–Kier alpha value is -0.670. The first kappa shape index (κ1) is 24.0. The highest BCUT2D eigenvalue weighted by Crippen LogP contribution is 2.45. The van der Waals surface area contributed by atoms with E-state index in [2.05, 4.69) is 15.9 Å². The van der Waals surface area contributed by atoms with Crippen molar-refractivity contribution in [2.24, 2.45) is 23.7 Å². The summed E-state index contributed by atoms with van der Waals surface area (Å²) in [6, 6.07) is 0.550. The molecule has 5 aliphatic rings. The molecule has 0 saturated carbocycles. The molecule has 0 radical (unpaired) electrons. The first-order valence-corrected chi connectivity index (χ1v) is 15.0. The molecule has 6 bridgehead atoms. The molecular weight excluding hydrogens is 404 g/mol. The summed E-state index contributed by atoms with van der Waals surface area (Å²) < 4.78 is 0. The molecule has 33 heavy (non-hydrogen) atoms. The van der Waals surface area contributed by atoms with E-state index in [9.17, 15) is 4.79 Å². The fraction of sp³-hybridized carbons (Fsp3) is 0.900. The molecule has 0 aromatic carbocycles. The average molecular weight is 455 g/mol. The maximum atomic E-state index is 13.3. The predicted molar refractivity (Wildman–Crippen MR) is 137 cm³/mol. The summed E-state index contributed by atoms with van der Waals surface area (Å²) in [5.74, 6) is 3.20. The van der Waals surface area contributed by atoms with Gasteiger partial charge in [-0.2, -0.15) is 0 Å². The number of piperidine rings is 2. The van der Waals surface area contributed by atoms with Crippen molar-refractivity contribution in [1.29, 1.82) is 0 Å². The summed E-state index contributed by atoms with van der Waals surface area (Å²) in [7, 11) is 0. The number of hydrogen-bond acceptors (Lipinski definition) is 3. The molecule has 0 amide bonds. The predicted octanol–water partition coefficient (Wildman–Crippen LogP) is 6.62. The highest BCUT2D eigenvalue weighted by atomic mass is 16.1. The Bertz CT molecular complexity index is 672. The normalized spacial score (nSPS) is 40.0. The van der Waals surface area contributed by atoms with E-state index in [-0.39, 0.29) is 0 Å². The number of ketones is 1. The molecule has 6 atom stereocenters. The standard InChI is InChI=1S/C30H50N2O/c33-29-17-20-32-19-16-26-25-21-24-13-9-6-7-11-15-28(29)30(32)27(26)14-10-5-3-1-2-4-8-12-18-31(22-24)23-25/h21,25-28,30H,1-20,22-23H2/t25?,26?,27?,28-,30+/m0/s1. The highest BCUT2D eigenvalue weighted by molar-refractivity contribution is 5.82. The summed E-state index contributed by atoms with van der Waals surface area (Å²) in [6.45, 7) is 6.12. The lowest BCUT2D eigenvalue weighted by Gasteiger charge is -2.53. The van der Waals surface area contributed by atoms with Gasteiger partial charge in [0, 0.05) is 38.0 Å². The number of Topliss-reactive ketones (excluding diaryl/α,β-unsaturated/α-hetero) is 1. The van der Waals surface area contributed by atoms with Crippen LogP contribution in [0.15, 0.2) is 11.6 Å². The quantitative estimate of drug-likeness (QED) is 0.384. The fourth-order valence-corrected chi connectivity index (χ4v) is 8.39. The van der Waals surface area contributed by atoms with E-state index >= 15 is 0 Å². The molecule has 4 heterocycles. The molecule has 0 N–H and O–H groups in total. The minimum Gasteiger partial charge on any atom is -0.299 e. The second kappa shape index (κ2) is 11.8. The van der Waals surface area contributed by atoms with Crippen LogP contribution in [0.1, 0.15) is 109 Å². The van der Waals surface area contributed by atoms with Crippen LogP contribution in [0.5, 0.6) is 0 Å². The van der Waals surface area contributed by atoms with E-state index in [1.165, 1.54) is 129 Å². The van der Waals surface area contributed by atoms with Gasteiger partial charge in [-0.05, 0) is 69.4 Å². The summed E-state index contributed by atoms with van der Waals surface area (Å²) in [4.78, 5) is 18.9. The van der Waals surface area contributed by atoms with E-state index in [4.69, 9.17) is 0 Å². The largest absolute Gasteiger partial charge is 0.299 e. The molecule has 3 heteroatoms. The van der Waals surface area contributed by atoms with Gasteiger partial charge in [0.25, 0.3) is 0 Å². The third-order valence-corrected chi connectivity index (χ3v) is 10.1.